The standard InChI is InChI=1S/C17H21N7O.C6H9N/c1-11-20-13-9-16(19-10-14(13)21-11)22-15-3-6-18-17(23-15)24-7-4-12(25-2)5-8-24;7-5-6-3-1-2-4-6/h3,6,9-10,12H,4-5,7-8H2,1-2H3,(H,20,21)(H,18,19,22,23);6H,1-4H2. The van der Waals surface area contributed by atoms with E-state index in [1.807, 2.05) is 19.1 Å². The first kappa shape index (κ1) is 22.0. The maximum atomic E-state index is 8.32. The van der Waals surface area contributed by atoms with Crippen molar-refractivity contribution in [1.29, 1.82) is 5.26 Å². The van der Waals surface area contributed by atoms with Gasteiger partial charge in [-0.25, -0.2) is 15.0 Å². The van der Waals surface area contributed by atoms with E-state index in [1.165, 1.54) is 12.8 Å². The van der Waals surface area contributed by atoms with E-state index in [4.69, 9.17) is 10.00 Å². The Bertz CT molecular complexity index is 1060. The molecule has 2 aliphatic rings. The van der Waals surface area contributed by atoms with Gasteiger partial charge < -0.3 is 19.9 Å². The van der Waals surface area contributed by atoms with E-state index in [2.05, 4.69) is 41.2 Å². The third-order valence-corrected chi connectivity index (χ3v) is 5.98. The van der Waals surface area contributed by atoms with Crippen LogP contribution in [0, 0.1) is 24.2 Å². The molecule has 5 rings (SSSR count). The zero-order chi connectivity index (χ0) is 22.3. The van der Waals surface area contributed by atoms with Crippen LogP contribution in [-0.2, 0) is 4.74 Å². The normalized spacial score (nSPS) is 17.1. The molecule has 1 saturated carbocycles. The number of aromatic amines is 1. The lowest BCUT2D eigenvalue weighted by Crippen LogP contribution is -2.37. The van der Waals surface area contributed by atoms with Crippen LogP contribution in [0.4, 0.5) is 17.6 Å². The third-order valence-electron chi connectivity index (χ3n) is 5.98. The van der Waals surface area contributed by atoms with Crippen LogP contribution in [-0.4, -0.2) is 51.2 Å². The summed E-state index contributed by atoms with van der Waals surface area (Å²) in [5.41, 5.74) is 1.80. The number of nitriles is 1. The molecule has 0 aromatic carbocycles. The molecule has 9 heteroatoms. The van der Waals surface area contributed by atoms with Crippen LogP contribution < -0.4 is 10.2 Å². The first-order chi connectivity index (χ1) is 15.6. The number of pyridine rings is 1. The van der Waals surface area contributed by atoms with Crippen molar-refractivity contribution in [1.82, 2.24) is 24.9 Å². The van der Waals surface area contributed by atoms with Gasteiger partial charge in [0.2, 0.25) is 5.95 Å². The van der Waals surface area contributed by atoms with Gasteiger partial charge in [-0.3, -0.25) is 0 Å². The summed E-state index contributed by atoms with van der Waals surface area (Å²) in [5.74, 6) is 3.44. The topological polar surface area (TPSA) is 116 Å². The molecule has 3 aromatic rings. The lowest BCUT2D eigenvalue weighted by atomic mass is 10.1. The van der Waals surface area contributed by atoms with E-state index in [-0.39, 0.29) is 0 Å². The molecule has 4 heterocycles. The number of piperidine rings is 1. The third kappa shape index (κ3) is 5.51. The van der Waals surface area contributed by atoms with Crippen molar-refractivity contribution < 1.29 is 4.74 Å². The van der Waals surface area contributed by atoms with Gasteiger partial charge in [0.1, 0.15) is 17.5 Å². The van der Waals surface area contributed by atoms with Crippen molar-refractivity contribution in [3.8, 4) is 6.07 Å². The van der Waals surface area contributed by atoms with Gasteiger partial charge in [-0.1, -0.05) is 12.8 Å². The molecule has 0 unspecified atom stereocenters. The van der Waals surface area contributed by atoms with Crippen LogP contribution in [0.1, 0.15) is 44.3 Å². The van der Waals surface area contributed by atoms with Gasteiger partial charge in [-0.05, 0) is 38.7 Å². The molecule has 9 nitrogen and oxygen atoms in total. The number of methoxy groups -OCH3 is 1. The summed E-state index contributed by atoms with van der Waals surface area (Å²) in [6.45, 7) is 3.73. The largest absolute Gasteiger partial charge is 0.381 e. The summed E-state index contributed by atoms with van der Waals surface area (Å²) < 4.78 is 5.42. The van der Waals surface area contributed by atoms with Gasteiger partial charge in [0.25, 0.3) is 0 Å². The number of fused-ring (bicyclic) bond motifs is 1. The number of hydrogen-bond acceptors (Lipinski definition) is 8. The van der Waals surface area contributed by atoms with Crippen LogP contribution >= 0.6 is 0 Å². The molecule has 2 fully saturated rings. The lowest BCUT2D eigenvalue weighted by molar-refractivity contribution is 0.0816. The molecule has 1 saturated heterocycles. The van der Waals surface area contributed by atoms with E-state index in [1.54, 1.807) is 19.5 Å². The Kier molecular flexibility index (Phi) is 7.12. The van der Waals surface area contributed by atoms with Gasteiger partial charge in [0, 0.05) is 38.4 Å². The number of H-pyrrole nitrogens is 1. The second-order valence-electron chi connectivity index (χ2n) is 8.31. The Morgan fingerprint density at radius 3 is 2.59 bits per heavy atom. The summed E-state index contributed by atoms with van der Waals surface area (Å²) in [4.78, 5) is 23.2. The fourth-order valence-electron chi connectivity index (χ4n) is 4.15. The molecular weight excluding hydrogens is 404 g/mol. The second kappa shape index (κ2) is 10.4. The molecule has 0 bridgehead atoms. The summed E-state index contributed by atoms with van der Waals surface area (Å²) in [6.07, 6.45) is 10.7. The molecule has 3 aromatic heterocycles. The van der Waals surface area contributed by atoms with Crippen LogP contribution in [0.5, 0.6) is 0 Å². The fraction of sp³-hybridized carbons (Fsp3) is 0.522. The highest BCUT2D eigenvalue weighted by Crippen LogP contribution is 2.23. The number of hydrogen-bond donors (Lipinski definition) is 2. The Morgan fingerprint density at radius 1 is 1.12 bits per heavy atom. The minimum atomic E-state index is 0.339. The van der Waals surface area contributed by atoms with E-state index < -0.39 is 0 Å². The average Bonchev–Trinajstić information content (AvgIpc) is 3.48. The molecule has 0 atom stereocenters. The lowest BCUT2D eigenvalue weighted by Gasteiger charge is -2.31. The summed E-state index contributed by atoms with van der Waals surface area (Å²) in [6, 6.07) is 6.01. The molecule has 32 heavy (non-hydrogen) atoms. The number of imidazole rings is 1. The summed E-state index contributed by atoms with van der Waals surface area (Å²) in [7, 11) is 1.77. The average molecular weight is 435 g/mol. The number of nitrogens with one attached hydrogen (secondary N) is 2. The van der Waals surface area contributed by atoms with E-state index in [9.17, 15) is 0 Å². The zero-order valence-corrected chi connectivity index (χ0v) is 18.7. The number of ether oxygens (including phenoxy) is 1. The molecule has 0 spiro atoms. The van der Waals surface area contributed by atoms with E-state index in [0.717, 1.165) is 67.4 Å². The van der Waals surface area contributed by atoms with Crippen LogP contribution in [0.25, 0.3) is 11.0 Å². The number of aromatic nitrogens is 5. The van der Waals surface area contributed by atoms with Crippen molar-refractivity contribution in [3.63, 3.8) is 0 Å². The van der Waals surface area contributed by atoms with Gasteiger partial charge in [0.05, 0.1) is 29.4 Å². The molecule has 0 radical (unpaired) electrons. The predicted octanol–water partition coefficient (Wildman–Crippen LogP) is 4.12. The molecule has 1 aliphatic carbocycles. The Morgan fingerprint density at radius 2 is 1.91 bits per heavy atom. The summed E-state index contributed by atoms with van der Waals surface area (Å²) in [5, 5.41) is 11.6. The smallest absolute Gasteiger partial charge is 0.227 e. The molecule has 1 aliphatic heterocycles. The quantitative estimate of drug-likeness (QED) is 0.630. The van der Waals surface area contributed by atoms with Crippen molar-refractivity contribution >= 4 is 28.6 Å². The van der Waals surface area contributed by atoms with Crippen LogP contribution in [0.15, 0.2) is 24.5 Å². The van der Waals surface area contributed by atoms with Crippen molar-refractivity contribution in [3.05, 3.63) is 30.4 Å². The van der Waals surface area contributed by atoms with E-state index >= 15 is 0 Å². The van der Waals surface area contributed by atoms with Crippen molar-refractivity contribution in [2.45, 2.75) is 51.6 Å². The minimum Gasteiger partial charge on any atom is -0.381 e. The molecular formula is C23H30N8O. The van der Waals surface area contributed by atoms with Crippen molar-refractivity contribution in [2.24, 2.45) is 5.92 Å². The monoisotopic (exact) mass is 434 g/mol. The highest BCUT2D eigenvalue weighted by molar-refractivity contribution is 5.77. The number of aryl methyl sites for hydroxylation is 1. The Hall–Kier alpha value is -3.25. The summed E-state index contributed by atoms with van der Waals surface area (Å²) >= 11 is 0. The van der Waals surface area contributed by atoms with Crippen LogP contribution in [0.2, 0.25) is 0 Å². The van der Waals surface area contributed by atoms with Gasteiger partial charge >= 0.3 is 0 Å². The van der Waals surface area contributed by atoms with Gasteiger partial charge in [-0.15, -0.1) is 0 Å². The van der Waals surface area contributed by atoms with Gasteiger partial charge in [0.15, 0.2) is 0 Å². The van der Waals surface area contributed by atoms with E-state index in [0.29, 0.717) is 17.8 Å². The zero-order valence-electron chi connectivity index (χ0n) is 18.7. The van der Waals surface area contributed by atoms with Crippen LogP contribution in [0.3, 0.4) is 0 Å². The Balaban J connectivity index is 0.000000300. The van der Waals surface area contributed by atoms with Gasteiger partial charge in [-0.2, -0.15) is 10.2 Å². The number of anilines is 3. The van der Waals surface area contributed by atoms with Crippen molar-refractivity contribution in [2.75, 3.05) is 30.4 Å². The predicted molar refractivity (Wildman–Crippen MR) is 124 cm³/mol. The fourth-order valence-corrected chi connectivity index (χ4v) is 4.15. The highest BCUT2D eigenvalue weighted by Gasteiger charge is 2.20. The molecule has 2 N–H and O–H groups in total. The molecule has 168 valence electrons. The SMILES string of the molecule is COC1CCN(c2nccc(Nc3cc4nc(C)[nH]c4cn3)n2)CC1.N#CC1CCCC1. The Labute approximate surface area is 188 Å². The molecule has 0 amide bonds. The second-order valence-corrected chi connectivity index (χ2v) is 8.31. The first-order valence-corrected chi connectivity index (χ1v) is 11.2. The first-order valence-electron chi connectivity index (χ1n) is 11.2. The maximum Gasteiger partial charge on any atom is 0.227 e. The minimum absolute atomic E-state index is 0.339. The maximum absolute atomic E-state index is 8.32. The number of rotatable bonds is 4. The highest BCUT2D eigenvalue weighted by atomic mass is 16.5. The number of nitrogens with zero attached hydrogens (tertiary/aromatic N) is 6.